The van der Waals surface area contributed by atoms with Crippen LogP contribution < -0.4 is 29.6 Å². The van der Waals surface area contributed by atoms with Gasteiger partial charge in [0, 0.05) is 5.75 Å². The minimum Gasteiger partial charge on any atom is -0.748 e. The Morgan fingerprint density at radius 2 is 1.46 bits per heavy atom. The van der Waals surface area contributed by atoms with Gasteiger partial charge < -0.3 is 4.55 Å². The molecule has 0 aromatic carbocycles. The summed E-state index contributed by atoms with van der Waals surface area (Å²) in [5, 5.41) is 0. The van der Waals surface area contributed by atoms with E-state index < -0.39 is 10.1 Å². The van der Waals surface area contributed by atoms with Crippen LogP contribution in [0.5, 0.6) is 0 Å². The average molecular weight is 216 g/mol. The molecule has 0 saturated heterocycles. The van der Waals surface area contributed by atoms with Crippen LogP contribution in [-0.4, -0.2) is 18.7 Å². The van der Waals surface area contributed by atoms with E-state index in [0.29, 0.717) is 6.42 Å². The predicted molar refractivity (Wildman–Crippen MR) is 47.9 cm³/mol. The molecule has 0 aromatic heterocycles. The van der Waals surface area contributed by atoms with Crippen molar-refractivity contribution in [1.82, 2.24) is 0 Å². The first-order chi connectivity index (χ1) is 5.56. The molecule has 0 saturated carbocycles. The van der Waals surface area contributed by atoms with Crippen molar-refractivity contribution in [2.24, 2.45) is 0 Å². The van der Waals surface area contributed by atoms with E-state index in [2.05, 4.69) is 6.92 Å². The van der Waals surface area contributed by atoms with Gasteiger partial charge in [-0.15, -0.1) is 0 Å². The van der Waals surface area contributed by atoms with Gasteiger partial charge in [-0.3, -0.25) is 0 Å². The first-order valence-electron chi connectivity index (χ1n) is 4.50. The van der Waals surface area contributed by atoms with Gasteiger partial charge in [0.2, 0.25) is 0 Å². The Kier molecular flexibility index (Phi) is 11.9. The molecule has 0 heterocycles. The quantitative estimate of drug-likeness (QED) is 0.308. The molecule has 0 N–H and O–H groups in total. The van der Waals surface area contributed by atoms with Gasteiger partial charge in [0.15, 0.2) is 0 Å². The molecule has 0 atom stereocenters. The molecule has 0 spiro atoms. The molecule has 13 heavy (non-hydrogen) atoms. The van der Waals surface area contributed by atoms with Crippen LogP contribution >= 0.6 is 0 Å². The molecule has 0 aromatic rings. The van der Waals surface area contributed by atoms with Crippen molar-refractivity contribution in [2.45, 2.75) is 45.4 Å². The van der Waals surface area contributed by atoms with Gasteiger partial charge in [0.1, 0.15) is 0 Å². The summed E-state index contributed by atoms with van der Waals surface area (Å²) in [7, 11) is -3.97. The largest absolute Gasteiger partial charge is 1.00 e. The summed E-state index contributed by atoms with van der Waals surface area (Å²) >= 11 is 0. The Labute approximate surface area is 103 Å². The molecule has 5 heteroatoms. The minimum atomic E-state index is -3.97. The second-order valence-corrected chi connectivity index (χ2v) is 4.55. The molecule has 0 unspecified atom stereocenters. The number of rotatable bonds is 7. The van der Waals surface area contributed by atoms with E-state index in [0.717, 1.165) is 19.3 Å². The van der Waals surface area contributed by atoms with Crippen molar-refractivity contribution in [1.29, 1.82) is 0 Å². The van der Waals surface area contributed by atoms with Crippen LogP contribution in [0, 0.1) is 0 Å². The summed E-state index contributed by atoms with van der Waals surface area (Å²) in [6.07, 6.45) is 5.96. The fraction of sp³-hybridized carbons (Fsp3) is 1.00. The van der Waals surface area contributed by atoms with Crippen molar-refractivity contribution in [3.8, 4) is 0 Å². The second kappa shape index (κ2) is 9.46. The van der Waals surface area contributed by atoms with Crippen LogP contribution in [0.2, 0.25) is 0 Å². The molecule has 0 bridgehead atoms. The predicted octanol–water partition coefficient (Wildman–Crippen LogP) is -1.10. The maximum absolute atomic E-state index is 10.2. The normalized spacial score (nSPS) is 10.9. The molecule has 0 rings (SSSR count). The third-order valence-corrected chi connectivity index (χ3v) is 2.54. The summed E-state index contributed by atoms with van der Waals surface area (Å²) in [6, 6.07) is 0. The van der Waals surface area contributed by atoms with E-state index in [-0.39, 0.29) is 35.3 Å². The third-order valence-electron chi connectivity index (χ3n) is 1.75. The van der Waals surface area contributed by atoms with Crippen molar-refractivity contribution >= 4 is 10.1 Å². The van der Waals surface area contributed by atoms with Crippen LogP contribution in [0.4, 0.5) is 0 Å². The van der Waals surface area contributed by atoms with Crippen LogP contribution in [0.1, 0.15) is 45.4 Å². The third kappa shape index (κ3) is 15.6. The van der Waals surface area contributed by atoms with Gasteiger partial charge in [-0.05, 0) is 6.42 Å². The van der Waals surface area contributed by atoms with E-state index in [1.807, 2.05) is 0 Å². The smallest absolute Gasteiger partial charge is 0.748 e. The molecule has 74 valence electrons. The molecule has 0 radical (unpaired) electrons. The zero-order valence-electron chi connectivity index (χ0n) is 8.58. The van der Waals surface area contributed by atoms with Gasteiger partial charge in [-0.2, -0.15) is 0 Å². The molecule has 0 aliphatic heterocycles. The summed E-state index contributed by atoms with van der Waals surface area (Å²) in [4.78, 5) is 0. The molecule has 3 nitrogen and oxygen atoms in total. The molecule has 0 aliphatic rings. The minimum absolute atomic E-state index is 0. The van der Waals surface area contributed by atoms with Crippen molar-refractivity contribution in [3.05, 3.63) is 0 Å². The van der Waals surface area contributed by atoms with E-state index in [1.165, 1.54) is 12.8 Å². The summed E-state index contributed by atoms with van der Waals surface area (Å²) in [5.74, 6) is -0.195. The van der Waals surface area contributed by atoms with Crippen molar-refractivity contribution < 1.29 is 42.5 Å². The number of hydrogen-bond donors (Lipinski definition) is 0. The summed E-state index contributed by atoms with van der Waals surface area (Å²) in [6.45, 7) is 2.13. The fourth-order valence-corrected chi connectivity index (χ4v) is 1.62. The molecule has 0 fully saturated rings. The van der Waals surface area contributed by atoms with Crippen molar-refractivity contribution in [2.75, 3.05) is 5.75 Å². The number of unbranched alkanes of at least 4 members (excludes halogenated alkanes) is 5. The Morgan fingerprint density at radius 3 is 1.92 bits per heavy atom. The molecular formula is C8H17NaO3S. The zero-order valence-corrected chi connectivity index (χ0v) is 11.4. The van der Waals surface area contributed by atoms with Gasteiger partial charge >= 0.3 is 29.6 Å². The first kappa shape index (κ1) is 16.3. The van der Waals surface area contributed by atoms with Gasteiger partial charge in [-0.1, -0.05) is 39.0 Å². The standard InChI is InChI=1S/C8H18O3S.Na/c1-2-3-4-5-6-7-8-12(9,10)11;/h2-8H2,1H3,(H,9,10,11);/q;+1/p-1. The van der Waals surface area contributed by atoms with Crippen LogP contribution in [0.3, 0.4) is 0 Å². The summed E-state index contributed by atoms with van der Waals surface area (Å²) in [5.41, 5.74) is 0. The Hall–Kier alpha value is 0.910. The molecular weight excluding hydrogens is 199 g/mol. The van der Waals surface area contributed by atoms with Crippen LogP contribution in [-0.2, 0) is 10.1 Å². The van der Waals surface area contributed by atoms with Gasteiger partial charge in [0.05, 0.1) is 10.1 Å². The fourth-order valence-electron chi connectivity index (χ4n) is 1.06. The summed E-state index contributed by atoms with van der Waals surface area (Å²) < 4.78 is 30.5. The van der Waals surface area contributed by atoms with E-state index >= 15 is 0 Å². The SMILES string of the molecule is CCCCCCCCS(=O)(=O)[O-].[Na+]. The van der Waals surface area contributed by atoms with Gasteiger partial charge in [-0.25, -0.2) is 8.42 Å². The van der Waals surface area contributed by atoms with Crippen molar-refractivity contribution in [3.63, 3.8) is 0 Å². The maximum atomic E-state index is 10.2. The topological polar surface area (TPSA) is 57.2 Å². The van der Waals surface area contributed by atoms with E-state index in [9.17, 15) is 13.0 Å². The number of hydrogen-bond acceptors (Lipinski definition) is 3. The van der Waals surface area contributed by atoms with Gasteiger partial charge in [0.25, 0.3) is 0 Å². The van der Waals surface area contributed by atoms with Crippen LogP contribution in [0.15, 0.2) is 0 Å². The van der Waals surface area contributed by atoms with E-state index in [4.69, 9.17) is 0 Å². The maximum Gasteiger partial charge on any atom is 1.00 e. The first-order valence-corrected chi connectivity index (χ1v) is 6.07. The average Bonchev–Trinajstić information content (AvgIpc) is 1.94. The van der Waals surface area contributed by atoms with E-state index in [1.54, 1.807) is 0 Å². The Bertz CT molecular complexity index is 190. The zero-order chi connectivity index (χ0) is 9.45. The second-order valence-electron chi connectivity index (χ2n) is 3.03. The molecule has 0 aliphatic carbocycles. The Balaban J connectivity index is 0. The molecule has 0 amide bonds. The van der Waals surface area contributed by atoms with Crippen LogP contribution in [0.25, 0.3) is 0 Å². The monoisotopic (exact) mass is 216 g/mol. The Morgan fingerprint density at radius 1 is 1.00 bits per heavy atom.